The number of rotatable bonds is 4. The molecule has 0 aliphatic heterocycles. The summed E-state index contributed by atoms with van der Waals surface area (Å²) in [6.45, 7) is 1.89. The van der Waals surface area contributed by atoms with E-state index in [1.807, 2.05) is 38.1 Å². The minimum atomic E-state index is -0.182. The second kappa shape index (κ2) is 6.87. The molecule has 0 atom stereocenters. The highest BCUT2D eigenvalue weighted by Crippen LogP contribution is 2.27. The molecule has 18 heavy (non-hydrogen) atoms. The van der Waals surface area contributed by atoms with E-state index in [0.717, 1.165) is 5.69 Å². The van der Waals surface area contributed by atoms with Gasteiger partial charge in [-0.05, 0) is 25.1 Å². The van der Waals surface area contributed by atoms with Crippen LogP contribution in [0.3, 0.4) is 0 Å². The Hall–Kier alpha value is -1.74. The first-order valence-corrected chi connectivity index (χ1v) is 5.99. The van der Waals surface area contributed by atoms with Gasteiger partial charge in [0.05, 0.1) is 11.4 Å². The third kappa shape index (κ3) is 4.26. The maximum atomic E-state index is 11.7. The van der Waals surface area contributed by atoms with E-state index in [-0.39, 0.29) is 5.91 Å². The quantitative estimate of drug-likeness (QED) is 0.667. The third-order valence-corrected chi connectivity index (χ3v) is 2.48. The Balaban J connectivity index is 2.89. The van der Waals surface area contributed by atoms with Crippen molar-refractivity contribution < 1.29 is 4.79 Å². The lowest BCUT2D eigenvalue weighted by atomic mass is 10.2. The zero-order valence-electron chi connectivity index (χ0n) is 10.8. The van der Waals surface area contributed by atoms with E-state index in [2.05, 4.69) is 5.32 Å². The van der Waals surface area contributed by atoms with Gasteiger partial charge in [0, 0.05) is 25.2 Å². The Bertz CT molecular complexity index is 479. The van der Waals surface area contributed by atoms with Crippen LogP contribution in [0.25, 0.3) is 0 Å². The topological polar surface area (TPSA) is 32.3 Å². The fourth-order valence-electron chi connectivity index (χ4n) is 1.43. The van der Waals surface area contributed by atoms with Crippen LogP contribution in [0.2, 0.25) is 5.02 Å². The average Bonchev–Trinajstić information content (AvgIpc) is 2.29. The van der Waals surface area contributed by atoms with Gasteiger partial charge in [-0.1, -0.05) is 29.8 Å². The monoisotopic (exact) mass is 264 g/mol. The molecular formula is C14H17ClN2O. The Morgan fingerprint density at radius 2 is 2.06 bits per heavy atom. The summed E-state index contributed by atoms with van der Waals surface area (Å²) in [6, 6.07) is 5.40. The predicted molar refractivity (Wildman–Crippen MR) is 78.4 cm³/mol. The van der Waals surface area contributed by atoms with Crippen LogP contribution in [0.4, 0.5) is 11.4 Å². The van der Waals surface area contributed by atoms with Crippen molar-refractivity contribution >= 4 is 28.9 Å². The van der Waals surface area contributed by atoms with Gasteiger partial charge in [-0.15, -0.1) is 0 Å². The fraction of sp³-hybridized carbons (Fsp3) is 0.214. The Labute approximate surface area is 113 Å². The van der Waals surface area contributed by atoms with E-state index < -0.39 is 0 Å². The molecule has 0 heterocycles. The molecule has 0 radical (unpaired) electrons. The molecule has 96 valence electrons. The second-order valence-electron chi connectivity index (χ2n) is 3.93. The predicted octanol–water partition coefficient (Wildman–Crippen LogP) is 3.48. The Morgan fingerprint density at radius 3 is 2.67 bits per heavy atom. The molecule has 1 aromatic rings. The van der Waals surface area contributed by atoms with Gasteiger partial charge < -0.3 is 10.2 Å². The highest BCUT2D eigenvalue weighted by atomic mass is 35.5. The normalized spacial score (nSPS) is 11.1. The molecule has 0 saturated carbocycles. The molecule has 0 unspecified atom stereocenters. The van der Waals surface area contributed by atoms with Gasteiger partial charge in [-0.25, -0.2) is 0 Å². The third-order valence-electron chi connectivity index (χ3n) is 2.25. The van der Waals surface area contributed by atoms with E-state index in [1.54, 1.807) is 24.3 Å². The van der Waals surface area contributed by atoms with Gasteiger partial charge in [0.25, 0.3) is 0 Å². The van der Waals surface area contributed by atoms with Crippen molar-refractivity contribution in [3.05, 3.63) is 47.5 Å². The van der Waals surface area contributed by atoms with E-state index in [4.69, 9.17) is 11.6 Å². The van der Waals surface area contributed by atoms with Crippen molar-refractivity contribution in [2.75, 3.05) is 24.3 Å². The number of allylic oxidation sites excluding steroid dienone is 3. The summed E-state index contributed by atoms with van der Waals surface area (Å²) in [6.07, 6.45) is 6.81. The van der Waals surface area contributed by atoms with E-state index in [1.165, 1.54) is 6.08 Å². The zero-order valence-corrected chi connectivity index (χ0v) is 11.5. The zero-order chi connectivity index (χ0) is 13.5. The highest BCUT2D eigenvalue weighted by molar-refractivity contribution is 6.31. The molecule has 1 aromatic carbocycles. The van der Waals surface area contributed by atoms with Crippen LogP contribution in [0.15, 0.2) is 42.5 Å². The number of carbonyl (C=O) groups is 1. The summed E-state index contributed by atoms with van der Waals surface area (Å²) in [5.74, 6) is -0.182. The summed E-state index contributed by atoms with van der Waals surface area (Å²) in [7, 11) is 3.82. The molecule has 0 spiro atoms. The van der Waals surface area contributed by atoms with Gasteiger partial charge in [0.15, 0.2) is 0 Å². The van der Waals surface area contributed by atoms with Gasteiger partial charge in [0.1, 0.15) is 0 Å². The van der Waals surface area contributed by atoms with Crippen LogP contribution in [0, 0.1) is 0 Å². The molecule has 0 bridgehead atoms. The van der Waals surface area contributed by atoms with Crippen LogP contribution in [0.1, 0.15) is 6.92 Å². The molecule has 4 heteroatoms. The number of nitrogens with one attached hydrogen (secondary N) is 1. The molecule has 3 nitrogen and oxygen atoms in total. The van der Waals surface area contributed by atoms with Crippen molar-refractivity contribution in [1.29, 1.82) is 0 Å². The molecular weight excluding hydrogens is 248 g/mol. The average molecular weight is 265 g/mol. The lowest BCUT2D eigenvalue weighted by molar-refractivity contribution is -0.111. The largest absolute Gasteiger partial charge is 0.376 e. The first-order valence-electron chi connectivity index (χ1n) is 5.62. The molecule has 1 amide bonds. The van der Waals surface area contributed by atoms with Crippen molar-refractivity contribution in [3.8, 4) is 0 Å². The number of nitrogens with zero attached hydrogens (tertiary/aromatic N) is 1. The van der Waals surface area contributed by atoms with Gasteiger partial charge in [-0.2, -0.15) is 0 Å². The van der Waals surface area contributed by atoms with Crippen LogP contribution in [0.5, 0.6) is 0 Å². The lowest BCUT2D eigenvalue weighted by Gasteiger charge is -2.17. The number of anilines is 2. The summed E-state index contributed by atoms with van der Waals surface area (Å²) < 4.78 is 0. The van der Waals surface area contributed by atoms with Crippen LogP contribution >= 0.6 is 11.6 Å². The van der Waals surface area contributed by atoms with Crippen molar-refractivity contribution in [3.63, 3.8) is 0 Å². The van der Waals surface area contributed by atoms with E-state index in [0.29, 0.717) is 10.7 Å². The standard InChI is InChI=1S/C14H17ClN2O/c1-4-5-6-7-14(18)16-12-10-11(15)8-9-13(12)17(2)3/h4-10H,1-3H3,(H,16,18)/b5-4+,7-6?. The Morgan fingerprint density at radius 1 is 1.33 bits per heavy atom. The van der Waals surface area contributed by atoms with Crippen LogP contribution in [-0.2, 0) is 4.79 Å². The number of hydrogen-bond acceptors (Lipinski definition) is 2. The highest BCUT2D eigenvalue weighted by Gasteiger charge is 2.07. The maximum Gasteiger partial charge on any atom is 0.248 e. The maximum absolute atomic E-state index is 11.7. The summed E-state index contributed by atoms with van der Waals surface area (Å²) in [4.78, 5) is 13.6. The molecule has 0 aliphatic rings. The number of hydrogen-bond donors (Lipinski definition) is 1. The number of halogens is 1. The van der Waals surface area contributed by atoms with Crippen molar-refractivity contribution in [1.82, 2.24) is 0 Å². The summed E-state index contributed by atoms with van der Waals surface area (Å²) >= 11 is 5.93. The lowest BCUT2D eigenvalue weighted by Crippen LogP contribution is -2.15. The number of carbonyl (C=O) groups excluding carboxylic acids is 1. The smallest absolute Gasteiger partial charge is 0.248 e. The number of benzene rings is 1. The molecule has 0 aromatic heterocycles. The minimum Gasteiger partial charge on any atom is -0.376 e. The van der Waals surface area contributed by atoms with Crippen LogP contribution < -0.4 is 10.2 Å². The van der Waals surface area contributed by atoms with Crippen molar-refractivity contribution in [2.24, 2.45) is 0 Å². The van der Waals surface area contributed by atoms with Gasteiger partial charge >= 0.3 is 0 Å². The first kappa shape index (κ1) is 14.3. The first-order chi connectivity index (χ1) is 8.54. The molecule has 1 rings (SSSR count). The summed E-state index contributed by atoms with van der Waals surface area (Å²) in [5.41, 5.74) is 1.61. The van der Waals surface area contributed by atoms with Gasteiger partial charge in [-0.3, -0.25) is 4.79 Å². The molecule has 0 fully saturated rings. The SMILES string of the molecule is C/C=C/C=CC(=O)Nc1cc(Cl)ccc1N(C)C. The van der Waals surface area contributed by atoms with E-state index in [9.17, 15) is 4.79 Å². The minimum absolute atomic E-state index is 0.182. The molecule has 0 saturated heterocycles. The van der Waals surface area contributed by atoms with Crippen molar-refractivity contribution in [2.45, 2.75) is 6.92 Å². The van der Waals surface area contributed by atoms with Gasteiger partial charge in [0.2, 0.25) is 5.91 Å². The summed E-state index contributed by atoms with van der Waals surface area (Å²) in [5, 5.41) is 3.40. The Kier molecular flexibility index (Phi) is 5.46. The molecule has 0 aliphatic carbocycles. The fourth-order valence-corrected chi connectivity index (χ4v) is 1.60. The second-order valence-corrected chi connectivity index (χ2v) is 4.37. The van der Waals surface area contributed by atoms with E-state index >= 15 is 0 Å². The van der Waals surface area contributed by atoms with Crippen LogP contribution in [-0.4, -0.2) is 20.0 Å². The number of amides is 1. The molecule has 1 N–H and O–H groups in total.